The van der Waals surface area contributed by atoms with Crippen molar-refractivity contribution >= 4 is 63.0 Å². The molecule has 0 saturated heterocycles. The van der Waals surface area contributed by atoms with Gasteiger partial charge in [0.1, 0.15) is 0 Å². The van der Waals surface area contributed by atoms with E-state index in [-0.39, 0.29) is 37.0 Å². The van der Waals surface area contributed by atoms with E-state index in [2.05, 4.69) is 278 Å². The monoisotopic (exact) mass is 1020 g/mol. The molecule has 2 heteroatoms. The van der Waals surface area contributed by atoms with E-state index in [9.17, 15) is 0 Å². The molecule has 0 N–H and O–H groups in total. The second-order valence-electron chi connectivity index (χ2n) is 20.9. The van der Waals surface area contributed by atoms with Gasteiger partial charge in [-0.05, 0) is 65.8 Å². The van der Waals surface area contributed by atoms with Crippen molar-refractivity contribution in [2.45, 2.75) is 52.4 Å². The summed E-state index contributed by atoms with van der Waals surface area (Å²) in [4.78, 5) is 0. The smallest absolute Gasteiger partial charge is 0.184 e. The third-order valence-corrected chi connectivity index (χ3v) is 15.5. The van der Waals surface area contributed by atoms with Crippen molar-refractivity contribution in [3.63, 3.8) is 0 Å². The Labute approximate surface area is 447 Å². The van der Waals surface area contributed by atoms with Crippen LogP contribution in [0, 0.1) is 6.07 Å². The van der Waals surface area contributed by atoms with Crippen LogP contribution in [0.25, 0.3) is 98.7 Å². The molecule has 0 unspecified atom stereocenters. The maximum atomic E-state index is 3.31. The molecule has 1 heterocycles. The topological polar surface area (TPSA) is 0 Å². The van der Waals surface area contributed by atoms with Crippen molar-refractivity contribution in [2.75, 3.05) is 0 Å². The van der Waals surface area contributed by atoms with E-state index in [1.165, 1.54) is 120 Å². The average molecular weight is 1020 g/mol. The minimum Gasteiger partial charge on any atom is -0.184 e. The van der Waals surface area contributed by atoms with Crippen molar-refractivity contribution in [1.82, 2.24) is 0 Å². The standard InChI is InChI=1S/2C29H25.C12H7Si.Zr/c2*1-29(2,3)22-18-21-12-9-17-27(28(21)19-22)26-15-7-6-14-25(26)24-16-8-11-20-10-4-5-13-23(20)24;1-3-7-11-9(5-1)10-6-2-4-8-12(10)13-11;/h2*4-19H,1-3H3;1-7H;/q3*-1;+3. The summed E-state index contributed by atoms with van der Waals surface area (Å²) >= 11 is 0. The van der Waals surface area contributed by atoms with Crippen LogP contribution < -0.4 is 10.4 Å². The molecule has 0 aliphatic carbocycles. The van der Waals surface area contributed by atoms with Crippen LogP contribution in [0.2, 0.25) is 0 Å². The minimum absolute atomic E-state index is 0. The van der Waals surface area contributed by atoms with Crippen LogP contribution in [-0.2, 0) is 37.0 Å². The van der Waals surface area contributed by atoms with Crippen molar-refractivity contribution in [3.8, 4) is 55.6 Å². The molecule has 12 aromatic carbocycles. The zero-order valence-corrected chi connectivity index (χ0v) is 45.5. The van der Waals surface area contributed by atoms with Crippen LogP contribution in [0.5, 0.6) is 0 Å². The van der Waals surface area contributed by atoms with Crippen LogP contribution in [0.1, 0.15) is 52.7 Å². The molecular formula is C70H57SiZr. The summed E-state index contributed by atoms with van der Waals surface area (Å²) in [5.41, 5.74) is 16.2. The summed E-state index contributed by atoms with van der Waals surface area (Å²) in [6, 6.07) is 89.1. The molecule has 1 aliphatic rings. The molecule has 72 heavy (non-hydrogen) atoms. The molecule has 12 aromatic rings. The van der Waals surface area contributed by atoms with Gasteiger partial charge in [-0.15, -0.1) is 74.6 Å². The van der Waals surface area contributed by atoms with E-state index in [1.54, 1.807) is 0 Å². The average Bonchev–Trinajstić information content (AvgIpc) is 4.15. The predicted molar refractivity (Wildman–Crippen MR) is 309 cm³/mol. The second-order valence-corrected chi connectivity index (χ2v) is 22.2. The van der Waals surface area contributed by atoms with E-state index < -0.39 is 0 Å². The molecule has 0 amide bonds. The fraction of sp³-hybridized carbons (Fsp3) is 0.114. The van der Waals surface area contributed by atoms with E-state index >= 15 is 0 Å². The van der Waals surface area contributed by atoms with E-state index in [0.29, 0.717) is 0 Å². The molecule has 0 aromatic heterocycles. The predicted octanol–water partition coefficient (Wildman–Crippen LogP) is 17.8. The summed E-state index contributed by atoms with van der Waals surface area (Å²) in [7, 11) is 0.795. The van der Waals surface area contributed by atoms with Crippen molar-refractivity contribution < 1.29 is 26.2 Å². The number of hydrogen-bond acceptors (Lipinski definition) is 0. The second kappa shape index (κ2) is 20.3. The molecule has 345 valence electrons. The van der Waals surface area contributed by atoms with Crippen LogP contribution in [0.15, 0.2) is 237 Å². The Morgan fingerprint density at radius 3 is 1.14 bits per heavy atom. The largest absolute Gasteiger partial charge is 3.00 e. The van der Waals surface area contributed by atoms with Gasteiger partial charge in [-0.3, -0.25) is 0 Å². The Kier molecular flexibility index (Phi) is 13.7. The Balaban J connectivity index is 0.000000132. The van der Waals surface area contributed by atoms with Gasteiger partial charge >= 0.3 is 26.2 Å². The first kappa shape index (κ1) is 48.7. The summed E-state index contributed by atoms with van der Waals surface area (Å²) in [5.74, 6) is 0. The van der Waals surface area contributed by atoms with E-state index in [1.807, 2.05) is 6.07 Å². The summed E-state index contributed by atoms with van der Waals surface area (Å²) in [6.45, 7) is 13.7. The van der Waals surface area contributed by atoms with Crippen LogP contribution in [-0.4, -0.2) is 9.52 Å². The Hall–Kier alpha value is -6.96. The van der Waals surface area contributed by atoms with Gasteiger partial charge in [-0.25, -0.2) is 0 Å². The maximum absolute atomic E-state index is 3.31. The zero-order valence-electron chi connectivity index (χ0n) is 42.0. The third-order valence-electron chi connectivity index (χ3n) is 14.2. The Morgan fingerprint density at radius 2 is 0.681 bits per heavy atom. The van der Waals surface area contributed by atoms with Crippen molar-refractivity contribution in [3.05, 3.63) is 254 Å². The minimum atomic E-state index is 0. The number of benzene rings is 10. The normalized spacial score (nSPS) is 11.9. The molecule has 0 bridgehead atoms. The number of fused-ring (bicyclic) bond motifs is 7. The molecule has 0 saturated carbocycles. The van der Waals surface area contributed by atoms with Crippen LogP contribution in [0.3, 0.4) is 0 Å². The SMILES string of the molecule is CC(C)(C)c1cc2c(-c3ccccc3-c3cccc4ccccc34)cccc2[cH-]1.CC(C)(C)c1cc2c(-c3ccccc3-c3cccc4ccccc34)cccc2[cH-]1.[Zr+3].[c-]1cccc2c1[Si]c1ccccc1-2. The number of hydrogen-bond donors (Lipinski definition) is 0. The third kappa shape index (κ3) is 9.59. The summed E-state index contributed by atoms with van der Waals surface area (Å²) < 4.78 is 0. The first-order chi connectivity index (χ1) is 34.5. The van der Waals surface area contributed by atoms with Gasteiger partial charge in [0.15, 0.2) is 0 Å². The first-order valence-electron chi connectivity index (χ1n) is 24.9. The molecule has 0 nitrogen and oxygen atoms in total. The van der Waals surface area contributed by atoms with Crippen molar-refractivity contribution in [2.24, 2.45) is 0 Å². The summed E-state index contributed by atoms with van der Waals surface area (Å²) in [6.07, 6.45) is 0. The first-order valence-corrected chi connectivity index (χ1v) is 25.9. The molecule has 3 radical (unpaired) electrons. The molecule has 0 fully saturated rings. The molecule has 1 aliphatic heterocycles. The van der Waals surface area contributed by atoms with Gasteiger partial charge in [0, 0.05) is 0 Å². The molecule has 0 atom stereocenters. The fourth-order valence-electron chi connectivity index (χ4n) is 10.4. The van der Waals surface area contributed by atoms with Gasteiger partial charge < -0.3 is 0 Å². The molecule has 13 rings (SSSR count). The van der Waals surface area contributed by atoms with Crippen LogP contribution in [0.4, 0.5) is 0 Å². The van der Waals surface area contributed by atoms with Crippen LogP contribution >= 0.6 is 0 Å². The van der Waals surface area contributed by atoms with Gasteiger partial charge in [0.2, 0.25) is 0 Å². The van der Waals surface area contributed by atoms with E-state index in [4.69, 9.17) is 0 Å². The summed E-state index contributed by atoms with van der Waals surface area (Å²) in [5, 5.41) is 13.3. The van der Waals surface area contributed by atoms with Gasteiger partial charge in [0.05, 0.1) is 9.52 Å². The fourth-order valence-corrected chi connectivity index (χ4v) is 11.7. The zero-order chi connectivity index (χ0) is 48.7. The van der Waals surface area contributed by atoms with Gasteiger partial charge in [-0.1, -0.05) is 233 Å². The van der Waals surface area contributed by atoms with E-state index in [0.717, 1.165) is 9.52 Å². The maximum Gasteiger partial charge on any atom is 3.00 e. The number of rotatable bonds is 4. The molecule has 0 spiro atoms. The van der Waals surface area contributed by atoms with Gasteiger partial charge in [-0.2, -0.15) is 41.6 Å². The molecular weight excluding hydrogens is 960 g/mol. The van der Waals surface area contributed by atoms with Gasteiger partial charge in [0.25, 0.3) is 0 Å². The Bertz CT molecular complexity index is 3620. The Morgan fingerprint density at radius 1 is 0.333 bits per heavy atom. The quantitative estimate of drug-likeness (QED) is 0.122. The van der Waals surface area contributed by atoms with Crippen molar-refractivity contribution in [1.29, 1.82) is 0 Å².